The van der Waals surface area contributed by atoms with Crippen LogP contribution in [0.1, 0.15) is 22.5 Å². The van der Waals surface area contributed by atoms with Gasteiger partial charge >= 0.3 is 0 Å². The first-order chi connectivity index (χ1) is 14.1. The van der Waals surface area contributed by atoms with E-state index in [2.05, 4.69) is 21.0 Å². The molecule has 3 heterocycles. The second kappa shape index (κ2) is 8.57. The van der Waals surface area contributed by atoms with Crippen molar-refractivity contribution < 1.29 is 4.79 Å². The van der Waals surface area contributed by atoms with Gasteiger partial charge in [-0.25, -0.2) is 4.68 Å². The second-order valence-corrected chi connectivity index (χ2v) is 7.59. The standard InChI is InChI=1S/C23H27N5O/c1-18-22(19(2)28(25-18)21-8-4-3-5-9-21)15-23(29)27-13-11-26(12-14-27)17-20-7-6-10-24-16-20/h3-10,16H,11-15,17H2,1-2H3. The Morgan fingerprint density at radius 1 is 1.00 bits per heavy atom. The van der Waals surface area contributed by atoms with E-state index in [1.807, 2.05) is 66.0 Å². The quantitative estimate of drug-likeness (QED) is 0.673. The summed E-state index contributed by atoms with van der Waals surface area (Å²) in [5, 5.41) is 4.67. The highest BCUT2D eigenvalue weighted by molar-refractivity contribution is 5.79. The minimum Gasteiger partial charge on any atom is -0.340 e. The van der Waals surface area contributed by atoms with Crippen LogP contribution in [0.25, 0.3) is 5.69 Å². The van der Waals surface area contributed by atoms with Crippen LogP contribution in [-0.2, 0) is 17.8 Å². The first-order valence-electron chi connectivity index (χ1n) is 10.1. The lowest BCUT2D eigenvalue weighted by molar-refractivity contribution is -0.132. The van der Waals surface area contributed by atoms with Crippen LogP contribution in [0.4, 0.5) is 0 Å². The summed E-state index contributed by atoms with van der Waals surface area (Å²) in [4.78, 5) is 21.5. The number of benzene rings is 1. The van der Waals surface area contributed by atoms with Crippen molar-refractivity contribution in [1.29, 1.82) is 0 Å². The van der Waals surface area contributed by atoms with E-state index in [0.717, 1.165) is 55.4 Å². The topological polar surface area (TPSA) is 54.3 Å². The predicted molar refractivity (Wildman–Crippen MR) is 113 cm³/mol. The third-order valence-corrected chi connectivity index (χ3v) is 5.62. The Bertz CT molecular complexity index is 960. The molecular formula is C23H27N5O. The number of carbonyl (C=O) groups is 1. The number of carbonyl (C=O) groups excluding carboxylic acids is 1. The third kappa shape index (κ3) is 4.38. The van der Waals surface area contributed by atoms with Gasteiger partial charge in [0.25, 0.3) is 0 Å². The maximum absolute atomic E-state index is 12.9. The molecule has 4 rings (SSSR count). The summed E-state index contributed by atoms with van der Waals surface area (Å²) >= 11 is 0. The van der Waals surface area contributed by atoms with Crippen molar-refractivity contribution in [1.82, 2.24) is 24.6 Å². The number of pyridine rings is 1. The SMILES string of the molecule is Cc1nn(-c2ccccc2)c(C)c1CC(=O)N1CCN(Cc2cccnc2)CC1. The Morgan fingerprint density at radius 3 is 2.45 bits per heavy atom. The summed E-state index contributed by atoms with van der Waals surface area (Å²) in [6.07, 6.45) is 4.12. The van der Waals surface area contributed by atoms with Gasteiger partial charge < -0.3 is 4.90 Å². The molecular weight excluding hydrogens is 362 g/mol. The fourth-order valence-corrected chi connectivity index (χ4v) is 3.92. The van der Waals surface area contributed by atoms with Gasteiger partial charge in [0.1, 0.15) is 0 Å². The highest BCUT2D eigenvalue weighted by atomic mass is 16.2. The number of aromatic nitrogens is 3. The summed E-state index contributed by atoms with van der Waals surface area (Å²) in [6.45, 7) is 8.23. The molecule has 0 unspecified atom stereocenters. The number of hydrogen-bond acceptors (Lipinski definition) is 4. The molecule has 1 aromatic carbocycles. The molecule has 29 heavy (non-hydrogen) atoms. The molecule has 150 valence electrons. The number of amides is 1. The molecule has 0 atom stereocenters. The number of rotatable bonds is 5. The highest BCUT2D eigenvalue weighted by Crippen LogP contribution is 2.19. The molecule has 0 aliphatic carbocycles. The van der Waals surface area contributed by atoms with Crippen molar-refractivity contribution >= 4 is 5.91 Å². The summed E-state index contributed by atoms with van der Waals surface area (Å²) in [7, 11) is 0. The van der Waals surface area contributed by atoms with E-state index in [-0.39, 0.29) is 5.91 Å². The van der Waals surface area contributed by atoms with Gasteiger partial charge in [-0.2, -0.15) is 5.10 Å². The monoisotopic (exact) mass is 389 g/mol. The maximum Gasteiger partial charge on any atom is 0.227 e. The Hall–Kier alpha value is -2.99. The third-order valence-electron chi connectivity index (χ3n) is 5.62. The molecule has 0 spiro atoms. The molecule has 1 aliphatic rings. The molecule has 1 aliphatic heterocycles. The minimum atomic E-state index is 0.185. The van der Waals surface area contributed by atoms with Crippen LogP contribution >= 0.6 is 0 Å². The van der Waals surface area contributed by atoms with Gasteiger partial charge in [-0.1, -0.05) is 24.3 Å². The van der Waals surface area contributed by atoms with E-state index >= 15 is 0 Å². The lowest BCUT2D eigenvalue weighted by Gasteiger charge is -2.34. The Kier molecular flexibility index (Phi) is 5.71. The van der Waals surface area contributed by atoms with Crippen molar-refractivity contribution in [3.05, 3.63) is 77.4 Å². The smallest absolute Gasteiger partial charge is 0.227 e. The van der Waals surface area contributed by atoms with Gasteiger partial charge in [-0.15, -0.1) is 0 Å². The lowest BCUT2D eigenvalue weighted by atomic mass is 10.1. The van der Waals surface area contributed by atoms with Crippen LogP contribution in [0.2, 0.25) is 0 Å². The summed E-state index contributed by atoms with van der Waals surface area (Å²) in [5.74, 6) is 0.185. The first-order valence-corrected chi connectivity index (χ1v) is 10.1. The highest BCUT2D eigenvalue weighted by Gasteiger charge is 2.23. The average Bonchev–Trinajstić information content (AvgIpc) is 3.04. The van der Waals surface area contributed by atoms with Crippen LogP contribution in [0, 0.1) is 13.8 Å². The van der Waals surface area contributed by atoms with E-state index in [9.17, 15) is 4.79 Å². The second-order valence-electron chi connectivity index (χ2n) is 7.59. The zero-order chi connectivity index (χ0) is 20.2. The van der Waals surface area contributed by atoms with E-state index in [4.69, 9.17) is 0 Å². The number of hydrogen-bond donors (Lipinski definition) is 0. The van der Waals surface area contributed by atoms with Gasteiger partial charge in [0.2, 0.25) is 5.91 Å². The first kappa shape index (κ1) is 19.3. The summed E-state index contributed by atoms with van der Waals surface area (Å²) < 4.78 is 1.93. The van der Waals surface area contributed by atoms with E-state index in [0.29, 0.717) is 6.42 Å². The summed E-state index contributed by atoms with van der Waals surface area (Å²) in [5.41, 5.74) is 5.24. The molecule has 0 N–H and O–H groups in total. The number of aryl methyl sites for hydroxylation is 1. The Morgan fingerprint density at radius 2 is 1.76 bits per heavy atom. The number of piperazine rings is 1. The van der Waals surface area contributed by atoms with Crippen LogP contribution in [-0.4, -0.2) is 56.7 Å². The fraction of sp³-hybridized carbons (Fsp3) is 0.348. The molecule has 1 saturated heterocycles. The van der Waals surface area contributed by atoms with Crippen LogP contribution < -0.4 is 0 Å². The van der Waals surface area contributed by atoms with E-state index in [1.54, 1.807) is 6.20 Å². The van der Waals surface area contributed by atoms with Gasteiger partial charge in [-0.3, -0.25) is 14.7 Å². The molecule has 6 nitrogen and oxygen atoms in total. The van der Waals surface area contributed by atoms with Gasteiger partial charge in [0, 0.05) is 56.4 Å². The molecule has 6 heteroatoms. The zero-order valence-corrected chi connectivity index (χ0v) is 17.1. The molecule has 0 bridgehead atoms. The molecule has 1 fully saturated rings. The Labute approximate surface area is 171 Å². The number of para-hydroxylation sites is 1. The van der Waals surface area contributed by atoms with Crippen LogP contribution in [0.15, 0.2) is 54.9 Å². The molecule has 1 amide bonds. The van der Waals surface area contributed by atoms with Gasteiger partial charge in [0.05, 0.1) is 17.8 Å². The van der Waals surface area contributed by atoms with Gasteiger partial charge in [0.15, 0.2) is 0 Å². The molecule has 3 aromatic rings. The van der Waals surface area contributed by atoms with E-state index < -0.39 is 0 Å². The molecule has 0 saturated carbocycles. The molecule has 0 radical (unpaired) electrons. The van der Waals surface area contributed by atoms with E-state index in [1.165, 1.54) is 5.56 Å². The maximum atomic E-state index is 12.9. The van der Waals surface area contributed by atoms with Gasteiger partial charge in [-0.05, 0) is 37.6 Å². The normalized spacial score (nSPS) is 14.9. The minimum absolute atomic E-state index is 0.185. The predicted octanol–water partition coefficient (Wildman–Crippen LogP) is 2.77. The van der Waals surface area contributed by atoms with Crippen molar-refractivity contribution in [2.45, 2.75) is 26.8 Å². The Balaban J connectivity index is 1.37. The fourth-order valence-electron chi connectivity index (χ4n) is 3.92. The zero-order valence-electron chi connectivity index (χ0n) is 17.1. The largest absolute Gasteiger partial charge is 0.340 e. The van der Waals surface area contributed by atoms with Crippen LogP contribution in [0.3, 0.4) is 0 Å². The lowest BCUT2D eigenvalue weighted by Crippen LogP contribution is -2.48. The number of nitrogens with zero attached hydrogens (tertiary/aromatic N) is 5. The van der Waals surface area contributed by atoms with Crippen molar-refractivity contribution in [3.63, 3.8) is 0 Å². The van der Waals surface area contributed by atoms with Crippen molar-refractivity contribution in [2.24, 2.45) is 0 Å². The van der Waals surface area contributed by atoms with Crippen molar-refractivity contribution in [3.8, 4) is 5.69 Å². The summed E-state index contributed by atoms with van der Waals surface area (Å²) in [6, 6.07) is 14.1. The van der Waals surface area contributed by atoms with Crippen LogP contribution in [0.5, 0.6) is 0 Å². The average molecular weight is 390 g/mol. The molecule has 2 aromatic heterocycles. The van der Waals surface area contributed by atoms with Crippen molar-refractivity contribution in [2.75, 3.05) is 26.2 Å².